The van der Waals surface area contributed by atoms with Gasteiger partial charge in [-0.05, 0) is 24.3 Å². The van der Waals surface area contributed by atoms with Crippen LogP contribution in [-0.4, -0.2) is 35.5 Å². The predicted octanol–water partition coefficient (Wildman–Crippen LogP) is 3.51. The van der Waals surface area contributed by atoms with Gasteiger partial charge in [-0.25, -0.2) is 15.0 Å². The highest BCUT2D eigenvalue weighted by molar-refractivity contribution is 6.03. The summed E-state index contributed by atoms with van der Waals surface area (Å²) < 4.78 is 1.93. The highest BCUT2D eigenvalue weighted by Gasteiger charge is 2.11. The van der Waals surface area contributed by atoms with Gasteiger partial charge in [-0.15, -0.1) is 0 Å². The Morgan fingerprint density at radius 3 is 2.63 bits per heavy atom. The highest BCUT2D eigenvalue weighted by atomic mass is 16.1. The second-order valence-electron chi connectivity index (χ2n) is 6.48. The zero-order valence-electron chi connectivity index (χ0n) is 15.6. The average molecular weight is 396 g/mol. The van der Waals surface area contributed by atoms with Crippen molar-refractivity contribution in [3.63, 3.8) is 0 Å². The highest BCUT2D eigenvalue weighted by Crippen LogP contribution is 2.24. The van der Waals surface area contributed by atoms with Crippen LogP contribution in [0.15, 0.2) is 79.6 Å². The van der Waals surface area contributed by atoms with Gasteiger partial charge in [-0.1, -0.05) is 18.2 Å². The van der Waals surface area contributed by atoms with Crippen LogP contribution in [0.4, 0.5) is 17.3 Å². The maximum atomic E-state index is 12.2. The van der Waals surface area contributed by atoms with E-state index in [4.69, 9.17) is 0 Å². The third-order valence-electron chi connectivity index (χ3n) is 4.53. The maximum absolute atomic E-state index is 12.2. The maximum Gasteiger partial charge on any atom is 0.256 e. The quantitative estimate of drug-likeness (QED) is 0.419. The lowest BCUT2D eigenvalue weighted by Gasteiger charge is -2.10. The lowest BCUT2D eigenvalue weighted by atomic mass is 10.2. The van der Waals surface area contributed by atoms with Crippen molar-refractivity contribution in [3.8, 4) is 11.3 Å². The van der Waals surface area contributed by atoms with Crippen LogP contribution >= 0.6 is 0 Å². The van der Waals surface area contributed by atoms with Gasteiger partial charge in [0.25, 0.3) is 5.91 Å². The van der Waals surface area contributed by atoms with E-state index in [0.717, 1.165) is 16.9 Å². The van der Waals surface area contributed by atoms with Crippen molar-refractivity contribution in [3.05, 3.63) is 85.2 Å². The molecule has 30 heavy (non-hydrogen) atoms. The summed E-state index contributed by atoms with van der Waals surface area (Å²) in [6, 6.07) is 12.5. The largest absolute Gasteiger partial charge is 0.336 e. The van der Waals surface area contributed by atoms with E-state index in [0.29, 0.717) is 22.8 Å². The number of nitrogens with zero attached hydrogens (tertiary/aromatic N) is 5. The minimum absolute atomic E-state index is 0.209. The van der Waals surface area contributed by atoms with E-state index in [1.54, 1.807) is 49.2 Å². The predicted molar refractivity (Wildman–Crippen MR) is 112 cm³/mol. The van der Waals surface area contributed by atoms with Crippen LogP contribution in [0.5, 0.6) is 0 Å². The Labute approximate surface area is 170 Å². The zero-order chi connectivity index (χ0) is 20.3. The van der Waals surface area contributed by atoms with Gasteiger partial charge in [0.1, 0.15) is 5.82 Å². The minimum Gasteiger partial charge on any atom is -0.336 e. The second-order valence-corrected chi connectivity index (χ2v) is 6.48. The van der Waals surface area contributed by atoms with Crippen molar-refractivity contribution in [2.75, 3.05) is 10.6 Å². The molecule has 0 unspecified atom stereocenters. The Bertz CT molecular complexity index is 1290. The molecule has 3 N–H and O–H groups in total. The van der Waals surface area contributed by atoms with E-state index < -0.39 is 0 Å². The molecule has 0 saturated carbocycles. The SMILES string of the molecule is O=C(Nc1ccc(Nc2ncc(-c3cn[nH]c3)n3ccnc23)cn1)c1ccccc1. The van der Waals surface area contributed by atoms with Crippen molar-refractivity contribution < 1.29 is 4.79 Å². The summed E-state index contributed by atoms with van der Waals surface area (Å²) in [5.74, 6) is 0.846. The van der Waals surface area contributed by atoms with Crippen LogP contribution < -0.4 is 10.6 Å². The number of anilines is 3. The minimum atomic E-state index is -0.209. The number of benzene rings is 1. The number of hydrogen-bond acceptors (Lipinski definition) is 6. The number of imidazole rings is 1. The molecule has 0 aliphatic rings. The number of H-pyrrole nitrogens is 1. The number of carbonyl (C=O) groups excluding carboxylic acids is 1. The normalized spacial score (nSPS) is 10.8. The van der Waals surface area contributed by atoms with Crippen molar-refractivity contribution in [2.24, 2.45) is 0 Å². The summed E-state index contributed by atoms with van der Waals surface area (Å²) in [7, 11) is 0. The first-order chi connectivity index (χ1) is 14.8. The fourth-order valence-electron chi connectivity index (χ4n) is 3.07. The Morgan fingerprint density at radius 1 is 0.967 bits per heavy atom. The molecular formula is C21H16N8O. The number of pyridine rings is 1. The topological polar surface area (TPSA) is 113 Å². The molecule has 1 aromatic carbocycles. The van der Waals surface area contributed by atoms with Crippen LogP contribution in [0, 0.1) is 0 Å². The number of amides is 1. The summed E-state index contributed by atoms with van der Waals surface area (Å²) in [5.41, 5.74) is 3.76. The zero-order valence-corrected chi connectivity index (χ0v) is 15.6. The molecule has 4 heterocycles. The van der Waals surface area contributed by atoms with Gasteiger partial charge in [0.05, 0.1) is 30.0 Å². The molecule has 0 fully saturated rings. The van der Waals surface area contributed by atoms with E-state index in [-0.39, 0.29) is 5.91 Å². The second kappa shape index (κ2) is 7.47. The summed E-state index contributed by atoms with van der Waals surface area (Å²) >= 11 is 0. The van der Waals surface area contributed by atoms with Gasteiger partial charge in [0.2, 0.25) is 0 Å². The monoisotopic (exact) mass is 396 g/mol. The molecular weight excluding hydrogens is 380 g/mol. The molecule has 4 aromatic heterocycles. The third kappa shape index (κ3) is 3.35. The van der Waals surface area contributed by atoms with E-state index >= 15 is 0 Å². The average Bonchev–Trinajstić information content (AvgIpc) is 3.49. The van der Waals surface area contributed by atoms with E-state index in [1.807, 2.05) is 34.9 Å². The van der Waals surface area contributed by atoms with Gasteiger partial charge in [0.15, 0.2) is 11.5 Å². The van der Waals surface area contributed by atoms with E-state index in [1.165, 1.54) is 0 Å². The van der Waals surface area contributed by atoms with Crippen LogP contribution in [-0.2, 0) is 0 Å². The van der Waals surface area contributed by atoms with Gasteiger partial charge in [0, 0.05) is 29.7 Å². The Kier molecular flexibility index (Phi) is 4.37. The molecule has 0 aliphatic heterocycles. The summed E-state index contributed by atoms with van der Waals surface area (Å²) in [4.78, 5) is 25.5. The summed E-state index contributed by atoms with van der Waals surface area (Å²) in [6.45, 7) is 0. The van der Waals surface area contributed by atoms with Gasteiger partial charge in [-0.2, -0.15) is 5.10 Å². The molecule has 0 bridgehead atoms. The molecule has 146 valence electrons. The summed E-state index contributed by atoms with van der Waals surface area (Å²) in [5, 5.41) is 12.8. The number of rotatable bonds is 5. The van der Waals surface area contributed by atoms with Gasteiger partial charge in [-0.3, -0.25) is 14.3 Å². The number of aromatic amines is 1. The number of hydrogen-bond donors (Lipinski definition) is 3. The molecule has 0 radical (unpaired) electrons. The van der Waals surface area contributed by atoms with Crippen molar-refractivity contribution in [1.82, 2.24) is 29.5 Å². The Hall–Kier alpha value is -4.53. The molecule has 0 aliphatic carbocycles. The molecule has 0 spiro atoms. The van der Waals surface area contributed by atoms with Crippen molar-refractivity contribution in [2.45, 2.75) is 0 Å². The first-order valence-corrected chi connectivity index (χ1v) is 9.18. The molecule has 5 rings (SSSR count). The van der Waals surface area contributed by atoms with Gasteiger partial charge < -0.3 is 10.6 Å². The molecule has 0 atom stereocenters. The standard InChI is InChI=1S/C21H16N8O/c30-21(14-4-2-1-3-5-14)28-18-7-6-16(12-23-18)27-19-20-22-8-9-29(20)17(13-24-19)15-10-25-26-11-15/h1-13H,(H,24,27)(H,25,26)(H,23,28,30). The van der Waals surface area contributed by atoms with Crippen molar-refractivity contribution in [1.29, 1.82) is 0 Å². The lowest BCUT2D eigenvalue weighted by Crippen LogP contribution is -2.12. The first-order valence-electron chi connectivity index (χ1n) is 9.18. The van der Waals surface area contributed by atoms with E-state index in [9.17, 15) is 4.79 Å². The number of aromatic nitrogens is 6. The molecule has 9 nitrogen and oxygen atoms in total. The van der Waals surface area contributed by atoms with E-state index in [2.05, 4.69) is 35.8 Å². The Balaban J connectivity index is 1.35. The fourth-order valence-corrected chi connectivity index (χ4v) is 3.07. The molecule has 5 aromatic rings. The molecule has 0 saturated heterocycles. The number of fused-ring (bicyclic) bond motifs is 1. The Morgan fingerprint density at radius 2 is 1.87 bits per heavy atom. The number of nitrogens with one attached hydrogen (secondary N) is 3. The smallest absolute Gasteiger partial charge is 0.256 e. The first kappa shape index (κ1) is 17.6. The van der Waals surface area contributed by atoms with Crippen molar-refractivity contribution >= 4 is 28.9 Å². The van der Waals surface area contributed by atoms with Crippen LogP contribution in [0.2, 0.25) is 0 Å². The molecule has 9 heteroatoms. The summed E-state index contributed by atoms with van der Waals surface area (Å²) in [6.07, 6.45) is 10.5. The van der Waals surface area contributed by atoms with Gasteiger partial charge >= 0.3 is 0 Å². The fraction of sp³-hybridized carbons (Fsp3) is 0. The third-order valence-corrected chi connectivity index (χ3v) is 4.53. The van der Waals surface area contributed by atoms with Crippen LogP contribution in [0.25, 0.3) is 16.9 Å². The lowest BCUT2D eigenvalue weighted by molar-refractivity contribution is 0.102. The van der Waals surface area contributed by atoms with Crippen LogP contribution in [0.3, 0.4) is 0 Å². The molecule has 1 amide bonds. The number of carbonyl (C=O) groups is 1. The van der Waals surface area contributed by atoms with Crippen LogP contribution in [0.1, 0.15) is 10.4 Å².